The fourth-order valence-corrected chi connectivity index (χ4v) is 1.67. The summed E-state index contributed by atoms with van der Waals surface area (Å²) in [6, 6.07) is 17.7. The Balaban J connectivity index is 2.15. The number of hydrogen-bond acceptors (Lipinski definition) is 0. The van der Waals surface area contributed by atoms with Gasteiger partial charge in [-0.25, -0.2) is 0 Å². The number of benzene rings is 2. The molecule has 0 fully saturated rings. The molecule has 0 saturated carbocycles. The van der Waals surface area contributed by atoms with E-state index in [2.05, 4.69) is 39.6 Å². The van der Waals surface area contributed by atoms with Gasteiger partial charge in [-0.2, -0.15) is 0 Å². The zero-order valence-electron chi connectivity index (χ0n) is 9.07. The molecule has 0 heterocycles. The Bertz CT molecular complexity index is 619. The second kappa shape index (κ2) is 5.94. The molecule has 17 heavy (non-hydrogen) atoms. The maximum Gasteiger partial charge on any atom is 0.0397 e. The van der Waals surface area contributed by atoms with Crippen LogP contribution >= 0.6 is 15.9 Å². The highest BCUT2D eigenvalue weighted by molar-refractivity contribution is 9.10. The number of hydrogen-bond donors (Lipinski definition) is 0. The van der Waals surface area contributed by atoms with Crippen molar-refractivity contribution < 1.29 is 0 Å². The Kier molecular flexibility index (Phi) is 4.03. The summed E-state index contributed by atoms with van der Waals surface area (Å²) < 4.78 is 0.994. The normalized spacial score (nSPS) is 8.53. The van der Waals surface area contributed by atoms with Gasteiger partial charge in [0.25, 0.3) is 0 Å². The highest BCUT2D eigenvalue weighted by atomic mass is 79.9. The third-order valence-electron chi connectivity index (χ3n) is 2.11. The van der Waals surface area contributed by atoms with Crippen molar-refractivity contribution in [3.05, 3.63) is 70.2 Å². The van der Waals surface area contributed by atoms with Crippen LogP contribution in [0, 0.1) is 23.7 Å². The van der Waals surface area contributed by atoms with Gasteiger partial charge in [0, 0.05) is 15.6 Å². The average Bonchev–Trinajstić information content (AvgIpc) is 2.38. The Morgan fingerprint density at radius 3 is 2.12 bits per heavy atom. The lowest BCUT2D eigenvalue weighted by Gasteiger charge is -1.91. The van der Waals surface area contributed by atoms with Crippen LogP contribution in [0.5, 0.6) is 0 Å². The molecule has 2 aromatic carbocycles. The molecule has 0 N–H and O–H groups in total. The summed E-state index contributed by atoms with van der Waals surface area (Å²) in [6.07, 6.45) is 0. The maximum absolute atomic E-state index is 3.44. The molecule has 1 heteroatoms. The first-order valence-electron chi connectivity index (χ1n) is 5.18. The molecule has 0 saturated heterocycles. The first kappa shape index (κ1) is 11.5. The molecule has 2 rings (SSSR count). The van der Waals surface area contributed by atoms with Crippen LogP contribution in [0.25, 0.3) is 0 Å². The van der Waals surface area contributed by atoms with Gasteiger partial charge in [0.1, 0.15) is 0 Å². The second-order valence-corrected chi connectivity index (χ2v) is 4.20. The van der Waals surface area contributed by atoms with Crippen molar-refractivity contribution in [2.75, 3.05) is 0 Å². The molecular formula is C16H9Br. The molecule has 0 radical (unpaired) electrons. The van der Waals surface area contributed by atoms with E-state index in [9.17, 15) is 0 Å². The largest absolute Gasteiger partial charge is 0.0622 e. The van der Waals surface area contributed by atoms with Gasteiger partial charge in [-0.1, -0.05) is 42.2 Å². The molecule has 0 spiro atoms. The minimum atomic E-state index is 0.954. The Morgan fingerprint density at radius 1 is 0.706 bits per heavy atom. The molecule has 0 unspecified atom stereocenters. The molecule has 0 aliphatic rings. The van der Waals surface area contributed by atoms with Crippen LogP contribution in [-0.2, 0) is 0 Å². The quantitative estimate of drug-likeness (QED) is 0.643. The Labute approximate surface area is 110 Å². The zero-order valence-corrected chi connectivity index (χ0v) is 10.7. The molecule has 0 aromatic heterocycles. The van der Waals surface area contributed by atoms with Gasteiger partial charge in [0.2, 0.25) is 0 Å². The van der Waals surface area contributed by atoms with E-state index in [4.69, 9.17) is 0 Å². The van der Waals surface area contributed by atoms with Crippen molar-refractivity contribution in [1.82, 2.24) is 0 Å². The van der Waals surface area contributed by atoms with Crippen LogP contribution in [0.4, 0.5) is 0 Å². The smallest absolute Gasteiger partial charge is 0.0397 e. The van der Waals surface area contributed by atoms with E-state index < -0.39 is 0 Å². The van der Waals surface area contributed by atoms with Crippen molar-refractivity contribution in [3.8, 4) is 23.7 Å². The van der Waals surface area contributed by atoms with Crippen LogP contribution in [0.15, 0.2) is 59.1 Å². The van der Waals surface area contributed by atoms with Crippen LogP contribution in [0.3, 0.4) is 0 Å². The lowest BCUT2D eigenvalue weighted by Crippen LogP contribution is -1.74. The van der Waals surface area contributed by atoms with E-state index in [0.29, 0.717) is 0 Å². The maximum atomic E-state index is 3.44. The molecule has 0 amide bonds. The topological polar surface area (TPSA) is 0 Å². The van der Waals surface area contributed by atoms with E-state index in [1.807, 2.05) is 54.6 Å². The van der Waals surface area contributed by atoms with Crippen LogP contribution in [-0.4, -0.2) is 0 Å². The van der Waals surface area contributed by atoms with Crippen LogP contribution in [0.1, 0.15) is 11.1 Å². The van der Waals surface area contributed by atoms with Crippen molar-refractivity contribution in [2.45, 2.75) is 0 Å². The van der Waals surface area contributed by atoms with Gasteiger partial charge in [0.15, 0.2) is 0 Å². The highest BCUT2D eigenvalue weighted by Crippen LogP contribution is 2.13. The first-order valence-corrected chi connectivity index (χ1v) is 5.97. The Morgan fingerprint density at radius 2 is 1.35 bits per heavy atom. The summed E-state index contributed by atoms with van der Waals surface area (Å²) in [4.78, 5) is 0. The van der Waals surface area contributed by atoms with E-state index >= 15 is 0 Å². The molecule has 0 aliphatic heterocycles. The molecule has 2 aromatic rings. The van der Waals surface area contributed by atoms with Crippen molar-refractivity contribution in [1.29, 1.82) is 0 Å². The summed E-state index contributed by atoms with van der Waals surface area (Å²) in [6.45, 7) is 0. The number of halogens is 1. The highest BCUT2D eigenvalue weighted by Gasteiger charge is 1.90. The molecule has 0 aliphatic carbocycles. The third kappa shape index (κ3) is 3.52. The molecule has 0 nitrogen and oxygen atoms in total. The second-order valence-electron chi connectivity index (χ2n) is 3.35. The predicted octanol–water partition coefficient (Wildman–Crippen LogP) is 3.85. The fraction of sp³-hybridized carbons (Fsp3) is 0. The summed E-state index contributed by atoms with van der Waals surface area (Å²) in [5.41, 5.74) is 1.93. The minimum absolute atomic E-state index is 0.954. The van der Waals surface area contributed by atoms with Gasteiger partial charge in [-0.3, -0.25) is 0 Å². The molecule has 0 bridgehead atoms. The third-order valence-corrected chi connectivity index (χ3v) is 2.81. The molecule has 0 atom stereocenters. The predicted molar refractivity (Wildman–Crippen MR) is 74.3 cm³/mol. The monoisotopic (exact) mass is 280 g/mol. The SMILES string of the molecule is Brc1ccccc1C#CC#Cc1ccccc1. The summed E-state index contributed by atoms with van der Waals surface area (Å²) in [5.74, 6) is 11.7. The van der Waals surface area contributed by atoms with E-state index in [1.54, 1.807) is 0 Å². The molecule has 80 valence electrons. The molecular weight excluding hydrogens is 272 g/mol. The first-order chi connectivity index (χ1) is 8.36. The van der Waals surface area contributed by atoms with Gasteiger partial charge in [-0.05, 0) is 52.0 Å². The van der Waals surface area contributed by atoms with Gasteiger partial charge < -0.3 is 0 Å². The lowest BCUT2D eigenvalue weighted by atomic mass is 10.2. The zero-order chi connectivity index (χ0) is 11.9. The van der Waals surface area contributed by atoms with E-state index in [-0.39, 0.29) is 0 Å². The standard InChI is InChI=1S/C16H9Br/c17-16-13-7-6-12-15(16)11-5-4-10-14-8-2-1-3-9-14/h1-3,6-9,12-13H. The summed E-state index contributed by atoms with van der Waals surface area (Å²) in [5, 5.41) is 0. The van der Waals surface area contributed by atoms with Gasteiger partial charge >= 0.3 is 0 Å². The van der Waals surface area contributed by atoms with Gasteiger partial charge in [0.05, 0.1) is 0 Å². The average molecular weight is 281 g/mol. The van der Waals surface area contributed by atoms with E-state index in [0.717, 1.165) is 15.6 Å². The summed E-state index contributed by atoms with van der Waals surface area (Å²) >= 11 is 3.44. The fourth-order valence-electron chi connectivity index (χ4n) is 1.29. The number of rotatable bonds is 0. The Hall–Kier alpha value is -1.96. The van der Waals surface area contributed by atoms with Crippen LogP contribution < -0.4 is 0 Å². The minimum Gasteiger partial charge on any atom is -0.0622 e. The summed E-state index contributed by atoms with van der Waals surface area (Å²) in [7, 11) is 0. The van der Waals surface area contributed by atoms with Crippen LogP contribution in [0.2, 0.25) is 0 Å². The van der Waals surface area contributed by atoms with Crippen molar-refractivity contribution in [2.24, 2.45) is 0 Å². The van der Waals surface area contributed by atoms with Gasteiger partial charge in [-0.15, -0.1) is 0 Å². The van der Waals surface area contributed by atoms with Crippen molar-refractivity contribution in [3.63, 3.8) is 0 Å². The van der Waals surface area contributed by atoms with Crippen molar-refractivity contribution >= 4 is 15.9 Å². The van der Waals surface area contributed by atoms with E-state index in [1.165, 1.54) is 0 Å². The lowest BCUT2D eigenvalue weighted by molar-refractivity contribution is 1.59.